The number of rotatable bonds is 13. The van der Waals surface area contributed by atoms with Crippen LogP contribution in [0.4, 0.5) is 0 Å². The summed E-state index contributed by atoms with van der Waals surface area (Å²) < 4.78 is 12.3. The molecule has 1 aliphatic heterocycles. The number of nitrogens with zero attached hydrogens (tertiary/aromatic N) is 2. The minimum Gasteiger partial charge on any atom is -0.493 e. The summed E-state index contributed by atoms with van der Waals surface area (Å²) in [6, 6.07) is 10.8. The van der Waals surface area contributed by atoms with Gasteiger partial charge in [0.05, 0.1) is 17.7 Å². The molecule has 0 unspecified atom stereocenters. The molecular formula is C31H36ClN3O4. The molecule has 1 amide bonds. The van der Waals surface area contributed by atoms with Crippen molar-refractivity contribution < 1.29 is 19.1 Å². The van der Waals surface area contributed by atoms with Gasteiger partial charge in [-0.3, -0.25) is 14.6 Å². The number of benzene rings is 2. The van der Waals surface area contributed by atoms with Crippen molar-refractivity contribution in [3.05, 3.63) is 58.7 Å². The second-order valence-corrected chi connectivity index (χ2v) is 10.9. The van der Waals surface area contributed by atoms with Gasteiger partial charge < -0.3 is 19.7 Å². The van der Waals surface area contributed by atoms with Crippen molar-refractivity contribution in [1.82, 2.24) is 15.2 Å². The average Bonchev–Trinajstić information content (AvgIpc) is 3.57. The van der Waals surface area contributed by atoms with Gasteiger partial charge in [0.2, 0.25) is 0 Å². The highest BCUT2D eigenvalue weighted by Crippen LogP contribution is 2.36. The van der Waals surface area contributed by atoms with E-state index in [4.69, 9.17) is 21.1 Å². The summed E-state index contributed by atoms with van der Waals surface area (Å²) in [4.78, 5) is 32.2. The third kappa shape index (κ3) is 7.28. The van der Waals surface area contributed by atoms with Crippen LogP contribution in [0.25, 0.3) is 10.9 Å². The molecule has 1 saturated carbocycles. The first-order valence-corrected chi connectivity index (χ1v) is 14.4. The molecule has 0 atom stereocenters. The van der Waals surface area contributed by atoms with Gasteiger partial charge in [-0.25, -0.2) is 0 Å². The van der Waals surface area contributed by atoms with Gasteiger partial charge in [0.15, 0.2) is 0 Å². The van der Waals surface area contributed by atoms with E-state index in [9.17, 15) is 9.59 Å². The van der Waals surface area contributed by atoms with E-state index in [1.54, 1.807) is 24.4 Å². The lowest BCUT2D eigenvalue weighted by Gasteiger charge is -2.17. The Labute approximate surface area is 234 Å². The Morgan fingerprint density at radius 1 is 1.10 bits per heavy atom. The van der Waals surface area contributed by atoms with E-state index in [-0.39, 0.29) is 11.7 Å². The van der Waals surface area contributed by atoms with Crippen molar-refractivity contribution in [3.8, 4) is 17.2 Å². The number of ether oxygens (including phenoxy) is 2. The van der Waals surface area contributed by atoms with Crippen LogP contribution in [0.15, 0.2) is 42.6 Å². The first-order chi connectivity index (χ1) is 19.0. The second-order valence-electron chi connectivity index (χ2n) is 10.5. The number of pyridine rings is 1. The lowest BCUT2D eigenvalue weighted by atomic mass is 10.0. The number of nitrogens with one attached hydrogen (secondary N) is 1. The van der Waals surface area contributed by atoms with Crippen molar-refractivity contribution in [2.24, 2.45) is 5.92 Å². The monoisotopic (exact) mass is 549 g/mol. The van der Waals surface area contributed by atoms with Gasteiger partial charge in [-0.05, 0) is 87.9 Å². The summed E-state index contributed by atoms with van der Waals surface area (Å²) in [5.41, 5.74) is 1.92. The van der Waals surface area contributed by atoms with Gasteiger partial charge in [0, 0.05) is 48.6 Å². The molecule has 2 heterocycles. The molecule has 1 aromatic heterocycles. The van der Waals surface area contributed by atoms with Crippen molar-refractivity contribution >= 4 is 34.2 Å². The number of ketones is 1. The number of carbonyl (C=O) groups excluding carboxylic acids is 2. The second kappa shape index (κ2) is 12.8. The van der Waals surface area contributed by atoms with Crippen LogP contribution in [-0.4, -0.2) is 54.4 Å². The number of halogens is 1. The maximum Gasteiger partial charge on any atom is 0.255 e. The molecule has 206 valence electrons. The Bertz CT molecular complexity index is 1330. The average molecular weight is 550 g/mol. The van der Waals surface area contributed by atoms with E-state index in [2.05, 4.69) is 15.2 Å². The molecule has 1 aliphatic carbocycles. The summed E-state index contributed by atoms with van der Waals surface area (Å²) in [6.07, 6.45) is 8.37. The minimum atomic E-state index is -0.202. The molecule has 3 aromatic rings. The summed E-state index contributed by atoms with van der Waals surface area (Å²) in [5.74, 6) is 2.20. The number of fused-ring (bicyclic) bond motifs is 1. The first kappa shape index (κ1) is 27.4. The highest BCUT2D eigenvalue weighted by molar-refractivity contribution is 6.31. The van der Waals surface area contributed by atoms with Crippen LogP contribution < -0.4 is 14.8 Å². The Kier molecular flexibility index (Phi) is 8.99. The standard InChI is InChI=1S/C31H36ClN3O4/c1-2-33-31(37)26-19-25-28(20-30(26)38-15-5-14-35-12-3-4-13-35)34-11-10-29(25)39-24-9-8-22(27(32)18-24)17-23(36)16-21-6-7-21/h8-11,18-21H,2-7,12-17H2,1H3,(H,33,37). The number of carbonyl (C=O) groups is 2. The normalized spacial score (nSPS) is 15.4. The van der Waals surface area contributed by atoms with Crippen LogP contribution in [-0.2, 0) is 11.2 Å². The number of Topliss-reactive ketones (excluding diaryl/α,β-unsaturated/α-hetero) is 1. The number of hydrogen-bond donors (Lipinski definition) is 1. The molecule has 1 N–H and O–H groups in total. The Hall–Kier alpha value is -3.16. The predicted molar refractivity (Wildman–Crippen MR) is 153 cm³/mol. The van der Waals surface area contributed by atoms with Gasteiger partial charge >= 0.3 is 0 Å². The van der Waals surface area contributed by atoms with E-state index in [0.717, 1.165) is 44.5 Å². The molecule has 5 rings (SSSR count). The fourth-order valence-electron chi connectivity index (χ4n) is 5.06. The van der Waals surface area contributed by atoms with E-state index >= 15 is 0 Å². The topological polar surface area (TPSA) is 80.8 Å². The van der Waals surface area contributed by atoms with Gasteiger partial charge in [-0.1, -0.05) is 17.7 Å². The van der Waals surface area contributed by atoms with Crippen LogP contribution in [0.1, 0.15) is 61.4 Å². The van der Waals surface area contributed by atoms with Crippen molar-refractivity contribution in [1.29, 1.82) is 0 Å². The Balaban J connectivity index is 1.33. The van der Waals surface area contributed by atoms with Crippen LogP contribution in [0.5, 0.6) is 17.2 Å². The SMILES string of the molecule is CCNC(=O)c1cc2c(Oc3ccc(CC(=O)CC4CC4)c(Cl)c3)ccnc2cc1OCCCN1CCCC1. The summed E-state index contributed by atoms with van der Waals surface area (Å²) in [7, 11) is 0. The lowest BCUT2D eigenvalue weighted by molar-refractivity contribution is -0.118. The number of hydrogen-bond acceptors (Lipinski definition) is 6. The summed E-state index contributed by atoms with van der Waals surface area (Å²) >= 11 is 6.52. The van der Waals surface area contributed by atoms with Crippen LogP contribution in [0, 0.1) is 5.92 Å². The molecule has 2 fully saturated rings. The molecule has 0 radical (unpaired) electrons. The fraction of sp³-hybridized carbons (Fsp3) is 0.452. The maximum atomic E-state index is 13.0. The van der Waals surface area contributed by atoms with Gasteiger partial charge in [0.1, 0.15) is 23.0 Å². The first-order valence-electron chi connectivity index (χ1n) is 14.0. The summed E-state index contributed by atoms with van der Waals surface area (Å²) in [5, 5.41) is 4.08. The molecule has 2 aromatic carbocycles. The summed E-state index contributed by atoms with van der Waals surface area (Å²) in [6.45, 7) is 6.22. The number of aromatic nitrogens is 1. The Morgan fingerprint density at radius 3 is 2.67 bits per heavy atom. The van der Waals surface area contributed by atoms with Crippen molar-refractivity contribution in [3.63, 3.8) is 0 Å². The Morgan fingerprint density at radius 2 is 1.92 bits per heavy atom. The molecular weight excluding hydrogens is 514 g/mol. The molecule has 2 aliphatic rings. The van der Waals surface area contributed by atoms with Crippen LogP contribution >= 0.6 is 11.6 Å². The van der Waals surface area contributed by atoms with Gasteiger partial charge in [0.25, 0.3) is 5.91 Å². The molecule has 8 heteroatoms. The highest BCUT2D eigenvalue weighted by Gasteiger charge is 2.24. The molecule has 0 bridgehead atoms. The third-order valence-corrected chi connectivity index (χ3v) is 7.66. The van der Waals surface area contributed by atoms with E-state index in [0.29, 0.717) is 70.6 Å². The van der Waals surface area contributed by atoms with E-state index < -0.39 is 0 Å². The minimum absolute atomic E-state index is 0.202. The quantitative estimate of drug-likeness (QED) is 0.255. The van der Waals surface area contributed by atoms with Crippen LogP contribution in [0.3, 0.4) is 0 Å². The lowest BCUT2D eigenvalue weighted by Crippen LogP contribution is -2.24. The smallest absolute Gasteiger partial charge is 0.255 e. The number of likely N-dealkylation sites (tertiary alicyclic amines) is 1. The zero-order chi connectivity index (χ0) is 27.2. The zero-order valence-electron chi connectivity index (χ0n) is 22.5. The zero-order valence-corrected chi connectivity index (χ0v) is 23.3. The third-order valence-electron chi connectivity index (χ3n) is 7.31. The predicted octanol–water partition coefficient (Wildman–Crippen LogP) is 6.21. The van der Waals surface area contributed by atoms with Crippen molar-refractivity contribution in [2.75, 3.05) is 32.8 Å². The van der Waals surface area contributed by atoms with E-state index in [1.807, 2.05) is 25.1 Å². The maximum absolute atomic E-state index is 13.0. The molecule has 1 saturated heterocycles. The number of amides is 1. The van der Waals surface area contributed by atoms with Crippen LogP contribution in [0.2, 0.25) is 5.02 Å². The van der Waals surface area contributed by atoms with Gasteiger partial charge in [-0.2, -0.15) is 0 Å². The van der Waals surface area contributed by atoms with Crippen molar-refractivity contribution in [2.45, 2.75) is 51.9 Å². The van der Waals surface area contributed by atoms with Gasteiger partial charge in [-0.15, -0.1) is 0 Å². The highest BCUT2D eigenvalue weighted by atomic mass is 35.5. The molecule has 0 spiro atoms. The molecule has 7 nitrogen and oxygen atoms in total. The fourth-order valence-corrected chi connectivity index (χ4v) is 5.29. The largest absolute Gasteiger partial charge is 0.493 e. The van der Waals surface area contributed by atoms with E-state index in [1.165, 1.54) is 12.8 Å². The molecule has 39 heavy (non-hydrogen) atoms.